The highest BCUT2D eigenvalue weighted by Crippen LogP contribution is 2.16. The van der Waals surface area contributed by atoms with Crippen molar-refractivity contribution in [1.82, 2.24) is 0 Å². The van der Waals surface area contributed by atoms with Gasteiger partial charge in [-0.15, -0.1) is 5.54 Å². The van der Waals surface area contributed by atoms with Gasteiger partial charge in [0.15, 0.2) is 12.6 Å². The van der Waals surface area contributed by atoms with E-state index in [1.807, 2.05) is 0 Å². The molecule has 0 bridgehead atoms. The van der Waals surface area contributed by atoms with Crippen molar-refractivity contribution in [3.8, 4) is 11.5 Å². The standard InChI is InChI=1S/C12H13FOSi.C7H4BrFO/c1-15(2,3)8-7-10-5-4-6-12(13)11(10)9-14;8-6-2-1-3-7(9)5(6)4-10/h4-6,9H,1-3H3;1-4H. The van der Waals surface area contributed by atoms with Crippen LogP contribution in [0, 0.1) is 23.1 Å². The Morgan fingerprint density at radius 3 is 1.88 bits per heavy atom. The molecule has 0 fully saturated rings. The summed E-state index contributed by atoms with van der Waals surface area (Å²) in [5.74, 6) is 1.88. The van der Waals surface area contributed by atoms with Gasteiger partial charge in [-0.1, -0.05) is 37.7 Å². The minimum atomic E-state index is -1.49. The molecule has 0 heterocycles. The van der Waals surface area contributed by atoms with Crippen LogP contribution < -0.4 is 0 Å². The molecule has 0 saturated heterocycles. The van der Waals surface area contributed by atoms with Gasteiger partial charge in [0.25, 0.3) is 0 Å². The van der Waals surface area contributed by atoms with Crippen molar-refractivity contribution in [2.75, 3.05) is 0 Å². The fourth-order valence-corrected chi connectivity index (χ4v) is 2.59. The third-order valence-corrected chi connectivity index (χ3v) is 4.43. The van der Waals surface area contributed by atoms with Crippen LogP contribution in [0.1, 0.15) is 26.3 Å². The summed E-state index contributed by atoms with van der Waals surface area (Å²) >= 11 is 3.04. The van der Waals surface area contributed by atoms with Gasteiger partial charge < -0.3 is 0 Å². The van der Waals surface area contributed by atoms with Crippen molar-refractivity contribution < 1.29 is 18.4 Å². The summed E-state index contributed by atoms with van der Waals surface area (Å²) in [7, 11) is -1.49. The molecule has 0 amide bonds. The van der Waals surface area contributed by atoms with Crippen LogP contribution in [0.15, 0.2) is 40.9 Å². The first kappa shape index (κ1) is 20.9. The first-order chi connectivity index (χ1) is 11.7. The van der Waals surface area contributed by atoms with Crippen LogP contribution in [0.25, 0.3) is 0 Å². The predicted molar refractivity (Wildman–Crippen MR) is 101 cm³/mol. The van der Waals surface area contributed by atoms with Crippen molar-refractivity contribution in [1.29, 1.82) is 0 Å². The summed E-state index contributed by atoms with van der Waals surface area (Å²) < 4.78 is 26.3. The van der Waals surface area contributed by atoms with Gasteiger partial charge in [-0.3, -0.25) is 9.59 Å². The Labute approximate surface area is 155 Å². The van der Waals surface area contributed by atoms with Crippen molar-refractivity contribution >= 4 is 36.6 Å². The van der Waals surface area contributed by atoms with E-state index in [-0.39, 0.29) is 11.1 Å². The topological polar surface area (TPSA) is 34.1 Å². The molecule has 25 heavy (non-hydrogen) atoms. The monoisotopic (exact) mass is 422 g/mol. The number of hydrogen-bond acceptors (Lipinski definition) is 2. The second kappa shape index (κ2) is 9.40. The molecule has 2 aromatic carbocycles. The van der Waals surface area contributed by atoms with Gasteiger partial charge in [-0.05, 0) is 40.2 Å². The molecule has 0 radical (unpaired) electrons. The minimum Gasteiger partial charge on any atom is -0.298 e. The van der Waals surface area contributed by atoms with E-state index in [2.05, 4.69) is 47.0 Å². The number of rotatable bonds is 2. The highest BCUT2D eigenvalue weighted by atomic mass is 79.9. The molecule has 0 saturated carbocycles. The van der Waals surface area contributed by atoms with Gasteiger partial charge in [0.1, 0.15) is 19.7 Å². The zero-order valence-corrected chi connectivity index (χ0v) is 16.7. The van der Waals surface area contributed by atoms with Crippen LogP contribution in [-0.4, -0.2) is 20.6 Å². The Morgan fingerprint density at radius 2 is 1.44 bits per heavy atom. The summed E-state index contributed by atoms with van der Waals surface area (Å²) in [4.78, 5) is 20.9. The second-order valence-electron chi connectivity index (χ2n) is 6.07. The SMILES string of the molecule is C[Si](C)(C)C#Cc1cccc(F)c1C=O.O=Cc1c(F)cccc1Br. The van der Waals surface area contributed by atoms with Crippen molar-refractivity contribution in [3.05, 3.63) is 69.2 Å². The van der Waals surface area contributed by atoms with E-state index in [0.29, 0.717) is 22.6 Å². The van der Waals surface area contributed by atoms with E-state index in [1.54, 1.807) is 18.2 Å². The Bertz CT molecular complexity index is 813. The first-order valence-electron chi connectivity index (χ1n) is 7.35. The third-order valence-electron chi connectivity index (χ3n) is 2.86. The Hall–Kier alpha value is -2.10. The lowest BCUT2D eigenvalue weighted by atomic mass is 10.1. The lowest BCUT2D eigenvalue weighted by Crippen LogP contribution is -2.16. The number of hydrogen-bond donors (Lipinski definition) is 0. The number of carbonyl (C=O) groups is 2. The lowest BCUT2D eigenvalue weighted by Gasteiger charge is -2.04. The van der Waals surface area contributed by atoms with Gasteiger partial charge in [0.05, 0.1) is 11.1 Å². The largest absolute Gasteiger partial charge is 0.298 e. The number of carbonyl (C=O) groups excluding carboxylic acids is 2. The molecule has 130 valence electrons. The smallest absolute Gasteiger partial charge is 0.154 e. The maximum absolute atomic E-state index is 13.2. The first-order valence-corrected chi connectivity index (χ1v) is 11.6. The molecular formula is C19H17BrF2O2Si. The van der Waals surface area contributed by atoms with Gasteiger partial charge in [0.2, 0.25) is 0 Å². The fourth-order valence-electron chi connectivity index (χ4n) is 1.64. The van der Waals surface area contributed by atoms with Crippen molar-refractivity contribution in [3.63, 3.8) is 0 Å². The van der Waals surface area contributed by atoms with Crippen LogP contribution in [0.2, 0.25) is 19.6 Å². The third kappa shape index (κ3) is 6.73. The van der Waals surface area contributed by atoms with Gasteiger partial charge in [0, 0.05) is 10.0 Å². The number of benzene rings is 2. The minimum absolute atomic E-state index is 0.0586. The molecule has 2 nitrogen and oxygen atoms in total. The normalized spacial score (nSPS) is 10.0. The summed E-state index contributed by atoms with van der Waals surface area (Å²) in [6.07, 6.45) is 1.00. The van der Waals surface area contributed by atoms with E-state index in [0.717, 1.165) is 0 Å². The second-order valence-corrected chi connectivity index (χ2v) is 11.7. The molecule has 0 aliphatic rings. The zero-order valence-electron chi connectivity index (χ0n) is 14.1. The van der Waals surface area contributed by atoms with E-state index in [1.165, 1.54) is 18.2 Å². The van der Waals surface area contributed by atoms with E-state index in [4.69, 9.17) is 0 Å². The maximum atomic E-state index is 13.2. The summed E-state index contributed by atoms with van der Waals surface area (Å²) in [6, 6.07) is 8.90. The van der Waals surface area contributed by atoms with Crippen LogP contribution in [0.3, 0.4) is 0 Å². The molecule has 0 atom stereocenters. The Morgan fingerprint density at radius 1 is 0.920 bits per heavy atom. The summed E-state index contributed by atoms with van der Waals surface area (Å²) in [6.45, 7) is 6.29. The van der Waals surface area contributed by atoms with Crippen LogP contribution in [0.5, 0.6) is 0 Å². The number of halogens is 3. The molecule has 2 rings (SSSR count). The Balaban J connectivity index is 0.000000271. The molecule has 2 aromatic rings. The molecule has 0 N–H and O–H groups in total. The van der Waals surface area contributed by atoms with Crippen molar-refractivity contribution in [2.24, 2.45) is 0 Å². The fraction of sp³-hybridized carbons (Fsp3) is 0.158. The quantitative estimate of drug-likeness (QED) is 0.375. The van der Waals surface area contributed by atoms with Crippen LogP contribution in [-0.2, 0) is 0 Å². The van der Waals surface area contributed by atoms with Gasteiger partial charge in [-0.2, -0.15) is 0 Å². The predicted octanol–water partition coefficient (Wildman–Crippen LogP) is 5.27. The van der Waals surface area contributed by atoms with Crippen LogP contribution >= 0.6 is 15.9 Å². The molecular weight excluding hydrogens is 406 g/mol. The van der Waals surface area contributed by atoms with Gasteiger partial charge >= 0.3 is 0 Å². The average molecular weight is 423 g/mol. The highest BCUT2D eigenvalue weighted by Gasteiger charge is 2.09. The molecule has 0 spiro atoms. The molecule has 6 heteroatoms. The summed E-state index contributed by atoms with van der Waals surface area (Å²) in [5, 5.41) is 0. The maximum Gasteiger partial charge on any atom is 0.154 e. The molecule has 0 aliphatic carbocycles. The van der Waals surface area contributed by atoms with E-state index in [9.17, 15) is 18.4 Å². The zero-order chi connectivity index (χ0) is 19.0. The highest BCUT2D eigenvalue weighted by molar-refractivity contribution is 9.10. The average Bonchev–Trinajstić information content (AvgIpc) is 2.53. The lowest BCUT2D eigenvalue weighted by molar-refractivity contribution is 0.111. The van der Waals surface area contributed by atoms with Gasteiger partial charge in [-0.25, -0.2) is 8.78 Å². The Kier molecular flexibility index (Phi) is 7.87. The molecule has 0 unspecified atom stereocenters. The van der Waals surface area contributed by atoms with Crippen molar-refractivity contribution in [2.45, 2.75) is 19.6 Å². The number of aldehydes is 2. The molecule has 0 aromatic heterocycles. The molecule has 0 aliphatic heterocycles. The van der Waals surface area contributed by atoms with E-state index >= 15 is 0 Å². The van der Waals surface area contributed by atoms with E-state index < -0.39 is 19.7 Å². The van der Waals surface area contributed by atoms with Crippen LogP contribution in [0.4, 0.5) is 8.78 Å². The summed E-state index contributed by atoms with van der Waals surface area (Å²) in [5.41, 5.74) is 3.71.